The highest BCUT2D eigenvalue weighted by Gasteiger charge is 2.79. The lowest BCUT2D eigenvalue weighted by Crippen LogP contribution is -2.82. The van der Waals surface area contributed by atoms with Crippen LogP contribution in [0.1, 0.15) is 168 Å². The predicted octanol–water partition coefficient (Wildman–Crippen LogP) is 6.89. The highest BCUT2D eigenvalue weighted by Crippen LogP contribution is 2.68. The van der Waals surface area contributed by atoms with E-state index >= 15 is 4.79 Å². The smallest absolute Gasteiger partial charge is 0.426 e. The number of aromatic amines is 2. The predicted molar refractivity (Wildman–Crippen MR) is 474 cm³/mol. The molecule has 1 spiro atoms. The number of nitrogens with zero attached hydrogens (tertiary/aromatic N) is 6. The molecule has 0 radical (unpaired) electrons. The number of hydrogen-bond donors (Lipinski definition) is 14. The van der Waals surface area contributed by atoms with E-state index in [9.17, 15) is 58.5 Å². The van der Waals surface area contributed by atoms with Crippen molar-refractivity contribution >= 4 is 115 Å². The van der Waals surface area contributed by atoms with Gasteiger partial charge in [0.2, 0.25) is 11.8 Å². The van der Waals surface area contributed by atoms with Crippen LogP contribution in [0.4, 0.5) is 16.2 Å². The molecule has 3 aromatic heterocycles. The number of hydrogen-bond acceptors (Lipinski definition) is 26. The van der Waals surface area contributed by atoms with Crippen LogP contribution in [0.3, 0.4) is 0 Å². The van der Waals surface area contributed by atoms with Gasteiger partial charge < -0.3 is 76.7 Å². The minimum absolute atomic E-state index is 0.0644. The van der Waals surface area contributed by atoms with E-state index in [1.807, 2.05) is 74.3 Å². The normalized spacial score (nSPS) is 24.3. The molecule has 1 aliphatic carbocycles. The maximum absolute atomic E-state index is 15.3. The van der Waals surface area contributed by atoms with Crippen molar-refractivity contribution in [1.29, 1.82) is 5.41 Å². The summed E-state index contributed by atoms with van der Waals surface area (Å²) in [6.45, 7) is 14.3. The number of guanidine groups is 1. The molecule has 15 N–H and O–H groups in total. The molecule has 7 aromatic rings. The van der Waals surface area contributed by atoms with Gasteiger partial charge in [-0.15, -0.1) is 0 Å². The molecule has 4 aromatic carbocycles. The van der Waals surface area contributed by atoms with Gasteiger partial charge in [0.15, 0.2) is 34.3 Å². The number of aryl methyl sites for hydroxylation is 1. The van der Waals surface area contributed by atoms with Gasteiger partial charge in [0.05, 0.1) is 54.7 Å². The molecule has 1 unspecified atom stereocenters. The van der Waals surface area contributed by atoms with E-state index in [0.29, 0.717) is 143 Å². The number of para-hydroxylation sites is 1. The standard InChI is InChI=1S/C90H115N17O16S2/c1-9-86(119)43-57-44-88(50-122-51-108,74-64(30-36-106(47-57)49-86)63-18-11-12-19-67(63)101-74)66-41-65-69(42-72(66)121-8)105(7)81-89(65)32-37-107-35-16-31-87(10-2,80(89)107)82(116)90(81,120)83(117)103-104-85(118)123-48-56-22-28-62(29-23-56)125-124-38-15-21-70(110)54(5)97-76(112)53(4)40-71(111)68(20-14-34-94-84(91)92)102-77(113)52(3)39-61(109)17-13-33-93-78(114)58-24-26-59(27-25-58)95-45-60-46-96-75-73(100-60)79(115)99-55(6)98-75/h11-12,16,18-19,22-29,31,41-42,46,51-54,57,68,80-82,95,101,116,119-120H,9-10,13-15,17,20-21,30,32-40,43-45,47-50H2,1-8H3,(H,93,114)(H,97,112)(H,102,113)(H,103,117)(H,104,118)(H4,91,92,94)(H,96,98,99,115)/t52-,53-,54+,57-,68+,80+,81-,82-,86+,87-,88+,89-,90+/m1/s1. The molecule has 668 valence electrons. The van der Waals surface area contributed by atoms with E-state index in [1.54, 1.807) is 71.2 Å². The number of fused-ring (bicyclic) bond motifs is 7. The number of ketones is 3. The summed E-state index contributed by atoms with van der Waals surface area (Å²) < 4.78 is 18.2. The van der Waals surface area contributed by atoms with Crippen LogP contribution in [0.5, 0.6) is 5.75 Å². The number of anilines is 2. The third-order valence-electron chi connectivity index (χ3n) is 26.2. The van der Waals surface area contributed by atoms with Crippen molar-refractivity contribution < 1.29 is 72.7 Å². The molecule has 125 heavy (non-hydrogen) atoms. The number of hydrazine groups is 1. The Bertz CT molecular complexity index is 5290. The first kappa shape index (κ1) is 91.9. The average molecular weight is 1760 g/mol. The van der Waals surface area contributed by atoms with E-state index in [4.69, 9.17) is 25.4 Å². The Morgan fingerprint density at radius 1 is 0.840 bits per heavy atom. The fourth-order valence-electron chi connectivity index (χ4n) is 20.1. The van der Waals surface area contributed by atoms with E-state index in [1.165, 1.54) is 27.8 Å². The number of nitrogens with one attached hydrogen (secondary N) is 10. The van der Waals surface area contributed by atoms with Crippen molar-refractivity contribution in [3.05, 3.63) is 159 Å². The number of methoxy groups -OCH3 is 1. The van der Waals surface area contributed by atoms with E-state index in [0.717, 1.165) is 38.2 Å². The summed E-state index contributed by atoms with van der Waals surface area (Å²) in [5.41, 5.74) is 10.8. The van der Waals surface area contributed by atoms with Gasteiger partial charge in [0.25, 0.3) is 23.8 Å². The SMILES string of the molecule is CC[C@]1(O)C[C@H]2CN(CCc3c([nH]c4ccccc34)[C@@](COC=O)(c3cc4c(cc3OC)N(C)[C@H]3[C@@](O)(C(=O)NNC(=O)OCc5ccc(SSCCCC(=O)[C@H](C)NC(=O)[C@H](C)CC(=O)[C@H](CCCNC(=N)N)NC(=O)[C@H](C)CC(=O)CCCNC(=O)c6ccc(NCc7cnc8nc(C)[nH]c(=O)c8n7)cc6)cc5)[C@H](O)[C@]5(CC)C=CCN6CC[C@]43[C@@H]65)C2)C1. The number of carbonyl (C=O) groups is 9. The summed E-state index contributed by atoms with van der Waals surface area (Å²) in [5, 5.41) is 61.8. The topological polar surface area (TPSA) is 473 Å². The van der Waals surface area contributed by atoms with Crippen LogP contribution in [0.15, 0.2) is 113 Å². The van der Waals surface area contributed by atoms with Crippen molar-refractivity contribution in [2.24, 2.45) is 28.9 Å². The molecular weight excluding hydrogens is 1640 g/mol. The molecule has 35 heteroatoms. The molecule has 1 saturated carbocycles. The van der Waals surface area contributed by atoms with Crippen molar-refractivity contribution in [1.82, 2.24) is 66.8 Å². The monoisotopic (exact) mass is 1750 g/mol. The van der Waals surface area contributed by atoms with Gasteiger partial charge in [-0.05, 0) is 156 Å². The zero-order valence-electron chi connectivity index (χ0n) is 71.9. The zero-order valence-corrected chi connectivity index (χ0v) is 73.5. The second-order valence-electron chi connectivity index (χ2n) is 34.5. The summed E-state index contributed by atoms with van der Waals surface area (Å²) in [5.74, 6) is -3.84. The summed E-state index contributed by atoms with van der Waals surface area (Å²) in [6, 6.07) is 22.8. The summed E-state index contributed by atoms with van der Waals surface area (Å²) >= 11 is 0. The van der Waals surface area contributed by atoms with Gasteiger partial charge in [-0.25, -0.2) is 25.2 Å². The number of aliphatic hydroxyl groups excluding tert-OH is 1. The molecule has 5 aliphatic heterocycles. The number of rotatable bonds is 38. The molecule has 2 saturated heterocycles. The highest BCUT2D eigenvalue weighted by molar-refractivity contribution is 8.76. The lowest BCUT2D eigenvalue weighted by atomic mass is 9.47. The van der Waals surface area contributed by atoms with Crippen LogP contribution in [0, 0.1) is 35.5 Å². The molecule has 3 fully saturated rings. The Morgan fingerprint density at radius 2 is 1.59 bits per heavy atom. The van der Waals surface area contributed by atoms with Crippen molar-refractivity contribution in [3.8, 4) is 5.75 Å². The van der Waals surface area contributed by atoms with Gasteiger partial charge in [0, 0.05) is 157 Å². The highest BCUT2D eigenvalue weighted by atomic mass is 33.1. The van der Waals surface area contributed by atoms with Crippen LogP contribution < -0.4 is 58.4 Å². The number of piperidine rings is 1. The minimum atomic E-state index is -2.59. The average Bonchev–Trinajstić information content (AvgIpc) is 1.49. The van der Waals surface area contributed by atoms with Gasteiger partial charge in [-0.2, -0.15) is 0 Å². The number of likely N-dealkylation sites (N-methyl/N-ethyl adjacent to an activating group) is 1. The zero-order chi connectivity index (χ0) is 89.3. The Hall–Kier alpha value is -10.8. The lowest BCUT2D eigenvalue weighted by molar-refractivity contribution is -0.204. The molecular formula is C90H115N17O16S2. The molecule has 5 amide bonds. The molecule has 8 heterocycles. The van der Waals surface area contributed by atoms with Crippen LogP contribution in [0.2, 0.25) is 0 Å². The molecule has 14 atom stereocenters. The van der Waals surface area contributed by atoms with Crippen LogP contribution >= 0.6 is 21.6 Å². The minimum Gasteiger partial charge on any atom is -0.496 e. The third-order valence-corrected chi connectivity index (χ3v) is 28.7. The fraction of sp³-hybridized carbons (Fsp3) is 0.511. The number of aliphatic hydroxyl groups is 3. The number of H-pyrrole nitrogens is 2. The third kappa shape index (κ3) is 19.5. The van der Waals surface area contributed by atoms with Crippen LogP contribution in [-0.4, -0.2) is 223 Å². The number of amides is 5. The quantitative estimate of drug-likeness (QED) is 0.00356. The number of ether oxygens (including phenoxy) is 3. The second-order valence-corrected chi connectivity index (χ2v) is 36.9. The Labute approximate surface area is 733 Å². The largest absolute Gasteiger partial charge is 0.496 e. The van der Waals surface area contributed by atoms with E-state index in [2.05, 4.69) is 84.3 Å². The molecule has 33 nitrogen and oxygen atoms in total. The maximum atomic E-state index is 15.3. The van der Waals surface area contributed by atoms with Gasteiger partial charge in [-0.1, -0.05) is 91.8 Å². The van der Waals surface area contributed by atoms with Gasteiger partial charge >= 0.3 is 6.09 Å². The van der Waals surface area contributed by atoms with Crippen molar-refractivity contribution in [2.45, 2.75) is 202 Å². The molecule has 6 aliphatic rings. The summed E-state index contributed by atoms with van der Waals surface area (Å²) in [4.78, 5) is 161. The van der Waals surface area contributed by atoms with E-state index < -0.39 is 99.2 Å². The van der Waals surface area contributed by atoms with E-state index in [-0.39, 0.29) is 111 Å². The number of benzene rings is 4. The molecule has 2 bridgehead atoms. The number of aromatic nitrogens is 5. The van der Waals surface area contributed by atoms with Crippen LogP contribution in [0.25, 0.3) is 22.1 Å². The first-order valence-electron chi connectivity index (χ1n) is 43.0. The second kappa shape index (κ2) is 39.4. The first-order chi connectivity index (χ1) is 59.9. The first-order valence-corrected chi connectivity index (χ1v) is 45.3. The Morgan fingerprint density at radius 3 is 2.34 bits per heavy atom. The number of nitrogens with two attached hydrogens (primary N) is 1. The Balaban J connectivity index is 0.560. The Kier molecular flexibility index (Phi) is 28.9. The van der Waals surface area contributed by atoms with Gasteiger partial charge in [-0.3, -0.25) is 63.8 Å². The number of Topliss-reactive ketones (excluding diaryl/α,β-unsaturated/α-hetero) is 3. The maximum Gasteiger partial charge on any atom is 0.426 e. The van der Waals surface area contributed by atoms with Gasteiger partial charge in [0.1, 0.15) is 36.7 Å². The van der Waals surface area contributed by atoms with Crippen LogP contribution in [-0.2, 0) is 73.4 Å². The fourth-order valence-corrected chi connectivity index (χ4v) is 22.2. The lowest BCUT2D eigenvalue weighted by Gasteiger charge is -2.63. The summed E-state index contributed by atoms with van der Waals surface area (Å²) in [6.07, 6.45) is 6.88. The number of carbonyl (C=O) groups excluding carboxylic acids is 9. The van der Waals surface area contributed by atoms with Crippen molar-refractivity contribution in [3.63, 3.8) is 0 Å². The summed E-state index contributed by atoms with van der Waals surface area (Å²) in [7, 11) is 6.41. The van der Waals surface area contributed by atoms with Crippen molar-refractivity contribution in [2.75, 3.05) is 82.5 Å². The molecule has 13 rings (SSSR count).